The number of nitrogens with zero attached hydrogens (tertiary/aromatic N) is 4. The topological polar surface area (TPSA) is 182 Å². The van der Waals surface area contributed by atoms with Crippen molar-refractivity contribution in [2.45, 2.75) is 4.90 Å². The highest BCUT2D eigenvalue weighted by atomic mass is 32.2. The number of fused-ring (bicyclic) bond motifs is 1. The van der Waals surface area contributed by atoms with E-state index in [2.05, 4.69) is 20.5 Å². The fourth-order valence-electron chi connectivity index (χ4n) is 4.02. The molecule has 5 rings (SSSR count). The molecule has 0 aliphatic rings. The highest BCUT2D eigenvalue weighted by molar-refractivity contribution is 7.85. The highest BCUT2D eigenvalue weighted by Crippen LogP contribution is 2.37. The summed E-state index contributed by atoms with van der Waals surface area (Å²) in [6.07, 6.45) is 0. The molecule has 11 nitrogen and oxygen atoms in total. The van der Waals surface area contributed by atoms with Crippen molar-refractivity contribution in [2.24, 2.45) is 20.5 Å². The zero-order valence-electron chi connectivity index (χ0n) is 20.9. The van der Waals surface area contributed by atoms with Crippen LogP contribution in [0, 0.1) is 0 Å². The average molecular weight is 569 g/mol. The molecule has 0 aromatic heterocycles. The molecule has 0 amide bonds. The molecule has 12 heteroatoms. The van der Waals surface area contributed by atoms with Crippen molar-refractivity contribution in [3.05, 3.63) is 103 Å². The predicted molar refractivity (Wildman–Crippen MR) is 151 cm³/mol. The maximum atomic E-state index is 11.5. The van der Waals surface area contributed by atoms with Crippen molar-refractivity contribution >= 4 is 49.6 Å². The van der Waals surface area contributed by atoms with Gasteiger partial charge in [-0.05, 0) is 71.1 Å². The molecule has 0 radical (unpaired) electrons. The monoisotopic (exact) mass is 568 g/mol. The van der Waals surface area contributed by atoms with Gasteiger partial charge in [-0.25, -0.2) is 4.79 Å². The van der Waals surface area contributed by atoms with Crippen molar-refractivity contribution in [3.63, 3.8) is 0 Å². The van der Waals surface area contributed by atoms with Crippen LogP contribution in [0.5, 0.6) is 11.5 Å². The second kappa shape index (κ2) is 11.0. The smallest absolute Gasteiger partial charge is 0.339 e. The number of phenols is 2. The minimum absolute atomic E-state index is 0.260. The summed E-state index contributed by atoms with van der Waals surface area (Å²) < 4.78 is 32.2. The van der Waals surface area contributed by atoms with Crippen LogP contribution in [-0.2, 0) is 10.1 Å². The van der Waals surface area contributed by atoms with Crippen molar-refractivity contribution in [2.75, 3.05) is 0 Å². The number of carbonyl (C=O) groups is 1. The largest absolute Gasteiger partial charge is 0.507 e. The van der Waals surface area contributed by atoms with Gasteiger partial charge in [0.1, 0.15) is 17.1 Å². The van der Waals surface area contributed by atoms with E-state index in [9.17, 15) is 28.0 Å². The first-order valence-electron chi connectivity index (χ1n) is 11.9. The van der Waals surface area contributed by atoms with Crippen molar-refractivity contribution in [3.8, 4) is 22.6 Å². The van der Waals surface area contributed by atoms with Gasteiger partial charge in [0.15, 0.2) is 0 Å². The van der Waals surface area contributed by atoms with Crippen LogP contribution < -0.4 is 0 Å². The first-order chi connectivity index (χ1) is 19.6. The van der Waals surface area contributed by atoms with Crippen molar-refractivity contribution in [1.82, 2.24) is 0 Å². The summed E-state index contributed by atoms with van der Waals surface area (Å²) >= 11 is 0. The van der Waals surface area contributed by atoms with E-state index in [-0.39, 0.29) is 22.7 Å². The van der Waals surface area contributed by atoms with Crippen LogP contribution in [0.15, 0.2) is 122 Å². The Morgan fingerprint density at radius 2 is 1.20 bits per heavy atom. The maximum absolute atomic E-state index is 11.5. The first kappa shape index (κ1) is 27.1. The molecule has 0 saturated heterocycles. The number of phenolic OH excluding ortho intramolecular Hbond substituents is 1. The summed E-state index contributed by atoms with van der Waals surface area (Å²) in [7, 11) is -4.48. The number of carboxylic acid groups (broad SMARTS) is 1. The lowest BCUT2D eigenvalue weighted by Gasteiger charge is -2.06. The molecule has 41 heavy (non-hydrogen) atoms. The van der Waals surface area contributed by atoms with Crippen LogP contribution in [0.3, 0.4) is 0 Å². The van der Waals surface area contributed by atoms with E-state index in [0.29, 0.717) is 27.8 Å². The van der Waals surface area contributed by atoms with Gasteiger partial charge in [-0.15, -0.1) is 5.11 Å². The Bertz CT molecular complexity index is 1960. The van der Waals surface area contributed by atoms with Crippen LogP contribution >= 0.6 is 0 Å². The average Bonchev–Trinajstić information content (AvgIpc) is 2.95. The Labute approximate surface area is 233 Å². The number of hydrogen-bond donors (Lipinski definition) is 4. The number of aromatic carboxylic acids is 1. The summed E-state index contributed by atoms with van der Waals surface area (Å²) in [5.41, 5.74) is 3.24. The SMILES string of the molecule is O=C(O)c1cc(N=Nc2ccc(-c3ccc(N=Nc4cccc5cc(S(=O)(=O)O)cc(O)c45)cc3)cc2)ccc1O. The summed E-state index contributed by atoms with van der Waals surface area (Å²) in [6, 6.07) is 25.4. The van der Waals surface area contributed by atoms with Gasteiger partial charge in [-0.3, -0.25) is 4.55 Å². The van der Waals surface area contributed by atoms with E-state index in [1.54, 1.807) is 42.5 Å². The number of carboxylic acids is 1. The zero-order chi connectivity index (χ0) is 29.1. The minimum atomic E-state index is -4.48. The first-order valence-corrected chi connectivity index (χ1v) is 13.4. The van der Waals surface area contributed by atoms with Gasteiger partial charge in [0.25, 0.3) is 10.1 Å². The Hall–Kier alpha value is -5.46. The lowest BCUT2D eigenvalue weighted by molar-refractivity contribution is 0.0693. The third kappa shape index (κ3) is 6.08. The summed E-state index contributed by atoms with van der Waals surface area (Å²) in [4.78, 5) is 10.7. The van der Waals surface area contributed by atoms with Gasteiger partial charge in [0.2, 0.25) is 0 Å². The van der Waals surface area contributed by atoms with Gasteiger partial charge >= 0.3 is 5.97 Å². The molecule has 0 atom stereocenters. The number of hydrogen-bond acceptors (Lipinski definition) is 9. The third-order valence-electron chi connectivity index (χ3n) is 6.04. The second-order valence-electron chi connectivity index (χ2n) is 8.79. The van der Waals surface area contributed by atoms with Crippen LogP contribution in [0.1, 0.15) is 10.4 Å². The predicted octanol–water partition coefficient (Wildman–Crippen LogP) is 7.69. The molecule has 0 unspecified atom stereocenters. The van der Waals surface area contributed by atoms with E-state index in [0.717, 1.165) is 17.2 Å². The fourth-order valence-corrected chi connectivity index (χ4v) is 4.55. The fraction of sp³-hybridized carbons (Fsp3) is 0. The van der Waals surface area contributed by atoms with Gasteiger partial charge in [-0.2, -0.15) is 23.8 Å². The number of azo groups is 2. The lowest BCUT2D eigenvalue weighted by atomic mass is 10.1. The molecule has 0 aliphatic carbocycles. The van der Waals surface area contributed by atoms with Crippen LogP contribution in [0.4, 0.5) is 22.7 Å². The molecule has 0 fully saturated rings. The van der Waals surface area contributed by atoms with Gasteiger partial charge in [-0.1, -0.05) is 36.4 Å². The molecule has 0 saturated carbocycles. The molecule has 4 N–H and O–H groups in total. The summed E-state index contributed by atoms with van der Waals surface area (Å²) in [5, 5.41) is 46.4. The molecular formula is C29H20N4O7S. The van der Waals surface area contributed by atoms with E-state index in [4.69, 9.17) is 5.11 Å². The molecule has 204 valence electrons. The molecule has 0 spiro atoms. The van der Waals surface area contributed by atoms with Gasteiger partial charge < -0.3 is 15.3 Å². The lowest BCUT2D eigenvalue weighted by Crippen LogP contribution is -1.97. The van der Waals surface area contributed by atoms with Crippen LogP contribution in [-0.4, -0.2) is 34.3 Å². The quantitative estimate of drug-likeness (QED) is 0.115. The van der Waals surface area contributed by atoms with E-state index in [1.165, 1.54) is 24.3 Å². The van der Waals surface area contributed by atoms with Gasteiger partial charge in [0, 0.05) is 6.07 Å². The van der Waals surface area contributed by atoms with E-state index >= 15 is 0 Å². The zero-order valence-corrected chi connectivity index (χ0v) is 21.8. The molecule has 0 aliphatic heterocycles. The maximum Gasteiger partial charge on any atom is 0.339 e. The highest BCUT2D eigenvalue weighted by Gasteiger charge is 2.15. The standard InChI is InChI=1S/C29H20N4O7S/c34-26-13-12-22(15-24(26)29(36)37)32-30-20-8-4-17(5-9-20)18-6-10-21(11-7-18)31-33-25-3-1-2-19-14-23(41(38,39)40)16-27(35)28(19)25/h1-16,34-35H,(H,36,37)(H,38,39,40). The Kier molecular flexibility index (Phi) is 7.25. The van der Waals surface area contributed by atoms with Crippen molar-refractivity contribution in [1.29, 1.82) is 0 Å². The van der Waals surface area contributed by atoms with Crippen LogP contribution in [0.25, 0.3) is 21.9 Å². The second-order valence-corrected chi connectivity index (χ2v) is 10.2. The Morgan fingerprint density at radius 1 is 0.634 bits per heavy atom. The summed E-state index contributed by atoms with van der Waals surface area (Å²) in [5.74, 6) is -1.96. The van der Waals surface area contributed by atoms with Crippen molar-refractivity contribution < 1.29 is 33.1 Å². The third-order valence-corrected chi connectivity index (χ3v) is 6.87. The molecule has 0 bridgehead atoms. The Morgan fingerprint density at radius 3 is 1.78 bits per heavy atom. The molecule has 5 aromatic carbocycles. The molecular weight excluding hydrogens is 548 g/mol. The van der Waals surface area contributed by atoms with Crippen LogP contribution in [0.2, 0.25) is 0 Å². The minimum Gasteiger partial charge on any atom is -0.507 e. The van der Waals surface area contributed by atoms with E-state index < -0.39 is 21.0 Å². The molecule has 0 heterocycles. The van der Waals surface area contributed by atoms with E-state index in [1.807, 2.05) is 24.3 Å². The molecule has 5 aromatic rings. The number of benzene rings is 5. The number of aromatic hydroxyl groups is 2. The normalized spacial score (nSPS) is 11.9. The Balaban J connectivity index is 1.31. The van der Waals surface area contributed by atoms with Gasteiger partial charge in [0.05, 0.1) is 33.0 Å². The summed E-state index contributed by atoms with van der Waals surface area (Å²) in [6.45, 7) is 0. The number of rotatable bonds is 7.